The highest BCUT2D eigenvalue weighted by molar-refractivity contribution is 6.31. The van der Waals surface area contributed by atoms with Crippen LogP contribution in [-0.2, 0) is 15.9 Å². The number of nitrogens with one attached hydrogen (secondary N) is 2. The smallest absolute Gasteiger partial charge is 0.193 e. The second-order valence-electron chi connectivity index (χ2n) is 8.14. The van der Waals surface area contributed by atoms with E-state index in [2.05, 4.69) is 28.3 Å². The molecule has 4 rings (SSSR count). The van der Waals surface area contributed by atoms with Crippen LogP contribution in [0.4, 0.5) is 0 Å². The second-order valence-corrected chi connectivity index (χ2v) is 8.58. The Kier molecular flexibility index (Phi) is 7.52. The van der Waals surface area contributed by atoms with Gasteiger partial charge in [-0.1, -0.05) is 11.6 Å². The molecule has 0 spiro atoms. The van der Waals surface area contributed by atoms with Crippen molar-refractivity contribution in [3.8, 4) is 0 Å². The van der Waals surface area contributed by atoms with Gasteiger partial charge in [-0.2, -0.15) is 0 Å². The number of aliphatic imine (C=N–C) groups is 1. The summed E-state index contributed by atoms with van der Waals surface area (Å²) in [5.41, 5.74) is 2.38. The van der Waals surface area contributed by atoms with E-state index in [0.717, 1.165) is 81.6 Å². The summed E-state index contributed by atoms with van der Waals surface area (Å²) >= 11 is 6.17. The fraction of sp³-hybridized carbons (Fsp3) is 0.609. The number of rotatable bonds is 7. The third-order valence-corrected chi connectivity index (χ3v) is 6.23. The van der Waals surface area contributed by atoms with E-state index in [1.807, 2.05) is 18.2 Å². The van der Waals surface area contributed by atoms with Crippen molar-refractivity contribution in [2.24, 2.45) is 4.99 Å². The summed E-state index contributed by atoms with van der Waals surface area (Å²) in [5.74, 6) is 1.01. The Bertz CT molecular complexity index is 839. The average Bonchev–Trinajstić information content (AvgIpc) is 3.42. The maximum Gasteiger partial charge on any atom is 0.193 e. The molecule has 164 valence electrons. The number of H-pyrrole nitrogens is 1. The van der Waals surface area contributed by atoms with Crippen molar-refractivity contribution in [1.82, 2.24) is 15.2 Å². The molecule has 2 aliphatic rings. The lowest BCUT2D eigenvalue weighted by atomic mass is 10.1. The maximum absolute atomic E-state index is 6.17. The van der Waals surface area contributed by atoms with E-state index in [-0.39, 0.29) is 0 Å². The molecular weight excluding hydrogens is 400 g/mol. The lowest BCUT2D eigenvalue weighted by Gasteiger charge is -2.34. The van der Waals surface area contributed by atoms with E-state index < -0.39 is 0 Å². The van der Waals surface area contributed by atoms with Crippen molar-refractivity contribution in [3.63, 3.8) is 0 Å². The number of aromatic amines is 1. The van der Waals surface area contributed by atoms with E-state index in [9.17, 15) is 0 Å². The van der Waals surface area contributed by atoms with Crippen molar-refractivity contribution < 1.29 is 9.47 Å². The normalized spacial score (nSPS) is 20.9. The number of likely N-dealkylation sites (tertiary alicyclic amines) is 1. The first-order chi connectivity index (χ1) is 14.7. The summed E-state index contributed by atoms with van der Waals surface area (Å²) in [6.07, 6.45) is 7.98. The van der Waals surface area contributed by atoms with Crippen LogP contribution in [0.1, 0.15) is 38.2 Å². The molecule has 2 aliphatic heterocycles. The Morgan fingerprint density at radius 2 is 2.20 bits per heavy atom. The van der Waals surface area contributed by atoms with Crippen LogP contribution < -0.4 is 5.32 Å². The van der Waals surface area contributed by atoms with E-state index in [1.54, 1.807) is 0 Å². The van der Waals surface area contributed by atoms with Gasteiger partial charge >= 0.3 is 0 Å². The first-order valence-corrected chi connectivity index (χ1v) is 11.6. The minimum absolute atomic E-state index is 0.307. The largest absolute Gasteiger partial charge is 0.376 e. The number of fused-ring (bicyclic) bond motifs is 1. The number of ether oxygens (including phenoxy) is 2. The molecule has 0 amide bonds. The first kappa shape index (κ1) is 21.5. The average molecular weight is 433 g/mol. The Morgan fingerprint density at radius 3 is 2.97 bits per heavy atom. The molecule has 7 heteroatoms. The van der Waals surface area contributed by atoms with Crippen LogP contribution in [0.15, 0.2) is 29.4 Å². The number of hydrogen-bond donors (Lipinski definition) is 2. The van der Waals surface area contributed by atoms with Crippen molar-refractivity contribution >= 4 is 28.5 Å². The topological polar surface area (TPSA) is 61.9 Å². The third-order valence-electron chi connectivity index (χ3n) is 5.99. The number of piperidine rings is 1. The zero-order valence-corrected chi connectivity index (χ0v) is 18.6. The highest BCUT2D eigenvalue weighted by Crippen LogP contribution is 2.23. The summed E-state index contributed by atoms with van der Waals surface area (Å²) in [7, 11) is 0. The predicted molar refractivity (Wildman–Crippen MR) is 123 cm³/mol. The number of aromatic nitrogens is 1. The standard InChI is InChI=1S/C23H33ClN4O2/c1-2-25-23(26-10-7-17-15-27-22-6-5-18(24)14-21(17)22)28-11-8-19(9-12-28)30-16-20-4-3-13-29-20/h5-6,14-15,19-20,27H,2-4,7-13,16H2,1H3,(H,25,26). The predicted octanol–water partition coefficient (Wildman–Crippen LogP) is 3.99. The second kappa shape index (κ2) is 10.5. The molecule has 1 unspecified atom stereocenters. The summed E-state index contributed by atoms with van der Waals surface area (Å²) in [4.78, 5) is 10.6. The molecule has 0 bridgehead atoms. The molecule has 6 nitrogen and oxygen atoms in total. The van der Waals surface area contributed by atoms with Gasteiger partial charge in [-0.25, -0.2) is 0 Å². The van der Waals surface area contributed by atoms with Gasteiger partial charge in [-0.15, -0.1) is 0 Å². The molecule has 1 atom stereocenters. The Labute approximate surface area is 184 Å². The van der Waals surface area contributed by atoms with Gasteiger partial charge in [0.25, 0.3) is 0 Å². The van der Waals surface area contributed by atoms with Gasteiger partial charge in [0.2, 0.25) is 0 Å². The number of benzene rings is 1. The zero-order chi connectivity index (χ0) is 20.8. The molecule has 30 heavy (non-hydrogen) atoms. The Hall–Kier alpha value is -1.76. The summed E-state index contributed by atoms with van der Waals surface area (Å²) < 4.78 is 11.8. The molecule has 0 radical (unpaired) electrons. The fourth-order valence-corrected chi connectivity index (χ4v) is 4.49. The van der Waals surface area contributed by atoms with Crippen LogP contribution in [0, 0.1) is 0 Å². The van der Waals surface area contributed by atoms with E-state index >= 15 is 0 Å². The van der Waals surface area contributed by atoms with E-state index in [0.29, 0.717) is 12.2 Å². The molecule has 1 aromatic heterocycles. The van der Waals surface area contributed by atoms with Gasteiger partial charge in [0.15, 0.2) is 5.96 Å². The van der Waals surface area contributed by atoms with Crippen molar-refractivity contribution in [2.75, 3.05) is 39.4 Å². The summed E-state index contributed by atoms with van der Waals surface area (Å²) in [5, 5.41) is 5.41. The van der Waals surface area contributed by atoms with Gasteiger partial charge in [-0.05, 0) is 62.8 Å². The zero-order valence-electron chi connectivity index (χ0n) is 17.8. The highest BCUT2D eigenvalue weighted by Gasteiger charge is 2.24. The van der Waals surface area contributed by atoms with Crippen LogP contribution in [0.5, 0.6) is 0 Å². The first-order valence-electron chi connectivity index (χ1n) is 11.2. The fourth-order valence-electron chi connectivity index (χ4n) is 4.32. The van der Waals surface area contributed by atoms with Gasteiger partial charge in [0, 0.05) is 54.9 Å². The Morgan fingerprint density at radius 1 is 1.33 bits per heavy atom. The van der Waals surface area contributed by atoms with Gasteiger partial charge in [-0.3, -0.25) is 4.99 Å². The lowest BCUT2D eigenvalue weighted by Crippen LogP contribution is -2.47. The number of hydrogen-bond acceptors (Lipinski definition) is 3. The number of guanidine groups is 1. The van der Waals surface area contributed by atoms with Gasteiger partial charge in [0.1, 0.15) is 0 Å². The minimum Gasteiger partial charge on any atom is -0.376 e. The van der Waals surface area contributed by atoms with Gasteiger partial charge < -0.3 is 24.7 Å². The van der Waals surface area contributed by atoms with Crippen molar-refractivity contribution in [1.29, 1.82) is 0 Å². The third kappa shape index (κ3) is 5.48. The van der Waals surface area contributed by atoms with Crippen LogP contribution in [0.25, 0.3) is 10.9 Å². The molecule has 2 fully saturated rings. The molecule has 2 aromatic rings. The van der Waals surface area contributed by atoms with Crippen LogP contribution in [0.2, 0.25) is 5.02 Å². The highest BCUT2D eigenvalue weighted by atomic mass is 35.5. The van der Waals surface area contributed by atoms with Crippen molar-refractivity contribution in [3.05, 3.63) is 35.0 Å². The van der Waals surface area contributed by atoms with E-state index in [1.165, 1.54) is 17.4 Å². The van der Waals surface area contributed by atoms with Crippen molar-refractivity contribution in [2.45, 2.75) is 51.2 Å². The number of halogens is 1. The number of nitrogens with zero attached hydrogens (tertiary/aromatic N) is 2. The SMILES string of the molecule is CCNC(=NCCc1c[nH]c2ccc(Cl)cc12)N1CCC(OCC2CCCO2)CC1. The van der Waals surface area contributed by atoms with E-state index in [4.69, 9.17) is 26.1 Å². The van der Waals surface area contributed by atoms with Crippen LogP contribution in [0.3, 0.4) is 0 Å². The Balaban J connectivity index is 1.28. The molecule has 2 saturated heterocycles. The van der Waals surface area contributed by atoms with Crippen LogP contribution in [-0.4, -0.2) is 67.4 Å². The lowest BCUT2D eigenvalue weighted by molar-refractivity contribution is -0.0367. The quantitative estimate of drug-likeness (QED) is 0.513. The molecule has 2 N–H and O–H groups in total. The minimum atomic E-state index is 0.307. The summed E-state index contributed by atoms with van der Waals surface area (Å²) in [6, 6.07) is 5.97. The molecule has 0 saturated carbocycles. The van der Waals surface area contributed by atoms with Gasteiger partial charge in [0.05, 0.1) is 18.8 Å². The monoisotopic (exact) mass is 432 g/mol. The molecule has 3 heterocycles. The molecule has 1 aromatic carbocycles. The molecular formula is C23H33ClN4O2. The summed E-state index contributed by atoms with van der Waals surface area (Å²) in [6.45, 7) is 7.33. The van der Waals surface area contributed by atoms with Crippen LogP contribution >= 0.6 is 11.6 Å². The maximum atomic E-state index is 6.17. The molecule has 0 aliphatic carbocycles.